The highest BCUT2D eigenvalue weighted by atomic mass is 16.3. The number of benzene rings is 21. The van der Waals surface area contributed by atoms with Gasteiger partial charge in [0, 0.05) is 82.4 Å². The van der Waals surface area contributed by atoms with Crippen LogP contribution in [0.1, 0.15) is 25.0 Å². The summed E-state index contributed by atoms with van der Waals surface area (Å²) in [5.41, 5.74) is 17.8. The average molecular weight is 1670 g/mol. The second-order valence-electron chi connectivity index (χ2n) is 34.1. The van der Waals surface area contributed by atoms with E-state index in [0.717, 1.165) is 110 Å². The molecule has 0 unspecified atom stereocenters. The van der Waals surface area contributed by atoms with Gasteiger partial charge in [-0.25, -0.2) is 44.9 Å². The van der Waals surface area contributed by atoms with E-state index in [1.165, 1.54) is 103 Å². The highest BCUT2D eigenvalue weighted by Gasteiger charge is 2.37. The number of hydrogen-bond donors (Lipinski definition) is 0. The summed E-state index contributed by atoms with van der Waals surface area (Å²) < 4.78 is 12.6. The van der Waals surface area contributed by atoms with Gasteiger partial charge >= 0.3 is 0 Å². The number of nitrogens with zero attached hydrogens (tertiary/aromatic N) is 9. The molecule has 0 radical (unpaired) electrons. The van der Waals surface area contributed by atoms with Crippen LogP contribution in [-0.2, 0) is 5.41 Å². The molecule has 0 bridgehead atoms. The zero-order chi connectivity index (χ0) is 86.8. The summed E-state index contributed by atoms with van der Waals surface area (Å²) >= 11 is 0. The van der Waals surface area contributed by atoms with Crippen LogP contribution in [0.25, 0.3) is 254 Å². The van der Waals surface area contributed by atoms with Crippen LogP contribution < -0.4 is 0 Å². The van der Waals surface area contributed by atoms with Crippen LogP contribution in [0.2, 0.25) is 0 Å². The van der Waals surface area contributed by atoms with E-state index in [1.807, 2.05) is 206 Å². The molecular formula is C120H75N9O2. The summed E-state index contributed by atoms with van der Waals surface area (Å²) in [5, 5.41) is 26.4. The minimum absolute atomic E-state index is 0.0670. The zero-order valence-electron chi connectivity index (χ0n) is 71.2. The average Bonchev–Trinajstić information content (AvgIpc) is 1.58. The third-order valence-electron chi connectivity index (χ3n) is 26.1. The van der Waals surface area contributed by atoms with E-state index in [2.05, 4.69) is 226 Å². The summed E-state index contributed by atoms with van der Waals surface area (Å²) in [6.45, 7) is 4.72. The molecule has 1 aliphatic rings. The smallest absolute Gasteiger partial charge is 0.164 e. The standard InChI is InChI=1S/C42H29N3.2C39H23N3O/c1-42(2)36-16-10-9-15-32(36)34-24-23-33-35(38(34)42)22-19-26-17-18-29-25-30(20-21-31(29)37(26)33)41-44-39(27-11-5-3-6-12-27)43-40(45-41)28-13-7-4-8-14-28;1-3-9-25(10-4-1)37-40-38(26-11-5-2-6-12-26)42-39(41-37)28-18-19-29-27(23-28)16-15-24-17-20-31-30(35(24)29)21-22-34-36(31)32-13-7-8-14-33(32)43-34;1-3-9-25(10-4-1)37-40-38(26-11-5-2-6-12-26)42-39(41-37)28-18-19-29-27(23-28)16-15-24-17-20-33-31(35(24)29)21-22-32-30-13-7-8-14-34(30)43-36(32)33/h3-25H,1-2H3;2*1-23H. The summed E-state index contributed by atoms with van der Waals surface area (Å²) in [7, 11) is 0. The van der Waals surface area contributed by atoms with Gasteiger partial charge in [0.2, 0.25) is 0 Å². The largest absolute Gasteiger partial charge is 0.456 e. The Morgan fingerprint density at radius 1 is 0.176 bits per heavy atom. The van der Waals surface area contributed by atoms with Crippen molar-refractivity contribution in [3.63, 3.8) is 0 Å². The lowest BCUT2D eigenvalue weighted by Gasteiger charge is -2.23. The molecule has 0 N–H and O–H groups in total. The molecule has 0 saturated heterocycles. The lowest BCUT2D eigenvalue weighted by molar-refractivity contribution is 0.666. The maximum atomic E-state index is 6.38. The first-order chi connectivity index (χ1) is 64.7. The number of aromatic nitrogens is 9. The minimum Gasteiger partial charge on any atom is -0.456 e. The van der Waals surface area contributed by atoms with E-state index >= 15 is 0 Å². The first kappa shape index (κ1) is 76.1. The Labute approximate surface area is 752 Å². The fourth-order valence-corrected chi connectivity index (χ4v) is 19.8. The lowest BCUT2D eigenvalue weighted by Crippen LogP contribution is -2.15. The summed E-state index contributed by atoms with van der Waals surface area (Å²) in [4.78, 5) is 44.3. The highest BCUT2D eigenvalue weighted by Crippen LogP contribution is 2.53. The molecule has 612 valence electrons. The third-order valence-corrected chi connectivity index (χ3v) is 26.1. The third kappa shape index (κ3) is 13.2. The van der Waals surface area contributed by atoms with Gasteiger partial charge in [-0.05, 0) is 168 Å². The minimum atomic E-state index is -0.0670. The molecule has 21 aromatic carbocycles. The van der Waals surface area contributed by atoms with Crippen LogP contribution >= 0.6 is 0 Å². The molecular weight excluding hydrogens is 1600 g/mol. The number of furan rings is 2. The van der Waals surface area contributed by atoms with Gasteiger partial charge in [-0.15, -0.1) is 0 Å². The molecule has 26 aromatic rings. The fourth-order valence-electron chi connectivity index (χ4n) is 19.8. The number of rotatable bonds is 9. The van der Waals surface area contributed by atoms with Gasteiger partial charge in [0.1, 0.15) is 22.3 Å². The van der Waals surface area contributed by atoms with Crippen LogP contribution in [-0.4, -0.2) is 44.9 Å². The van der Waals surface area contributed by atoms with Gasteiger partial charge < -0.3 is 8.83 Å². The van der Waals surface area contributed by atoms with Crippen molar-refractivity contribution in [1.82, 2.24) is 44.9 Å². The van der Waals surface area contributed by atoms with Crippen LogP contribution in [0.3, 0.4) is 0 Å². The quantitative estimate of drug-likeness (QED) is 0.127. The SMILES string of the molecule is CC1(C)c2ccccc2-c2ccc3c(ccc4ccc5cc(-c6nc(-c7ccccc7)nc(-c7ccccc7)n6)ccc5c43)c21.c1ccc(-c2nc(-c3ccccc3)nc(-c3ccc4c(ccc5ccc6c(ccc7c8ccccc8oc76)c54)c3)n2)cc1.c1ccc(-c2nc(-c3ccccc3)nc(-c3ccc4c(ccc5ccc6c(ccc7oc8ccccc8c76)c54)c3)n2)cc1. The normalized spacial score (nSPS) is 12.3. The van der Waals surface area contributed by atoms with E-state index in [1.54, 1.807) is 0 Å². The molecule has 0 fully saturated rings. The van der Waals surface area contributed by atoms with E-state index in [-0.39, 0.29) is 5.41 Å². The van der Waals surface area contributed by atoms with Gasteiger partial charge in [0.15, 0.2) is 52.4 Å². The van der Waals surface area contributed by atoms with Crippen LogP contribution in [0.15, 0.2) is 427 Å². The Morgan fingerprint density at radius 3 is 0.893 bits per heavy atom. The molecule has 11 nitrogen and oxygen atoms in total. The molecule has 0 atom stereocenters. The van der Waals surface area contributed by atoms with Crippen molar-refractivity contribution in [3.8, 4) is 114 Å². The molecule has 5 aromatic heterocycles. The number of hydrogen-bond acceptors (Lipinski definition) is 11. The van der Waals surface area contributed by atoms with Crippen molar-refractivity contribution in [2.75, 3.05) is 0 Å². The molecule has 1 aliphatic carbocycles. The number of para-hydroxylation sites is 2. The Kier molecular flexibility index (Phi) is 18.0. The molecule has 0 saturated carbocycles. The van der Waals surface area contributed by atoms with Crippen molar-refractivity contribution in [1.29, 1.82) is 0 Å². The Bertz CT molecular complexity index is 8950. The van der Waals surface area contributed by atoms with E-state index in [0.29, 0.717) is 52.4 Å². The predicted molar refractivity (Wildman–Crippen MR) is 538 cm³/mol. The van der Waals surface area contributed by atoms with Crippen molar-refractivity contribution in [3.05, 3.63) is 430 Å². The van der Waals surface area contributed by atoms with Gasteiger partial charge in [-0.2, -0.15) is 0 Å². The van der Waals surface area contributed by atoms with E-state index < -0.39 is 0 Å². The Hall–Kier alpha value is -17.4. The highest BCUT2D eigenvalue weighted by molar-refractivity contribution is 6.30. The molecule has 0 amide bonds. The maximum absolute atomic E-state index is 6.38. The summed E-state index contributed by atoms with van der Waals surface area (Å²) in [6, 6.07) is 146. The molecule has 5 heterocycles. The molecule has 27 rings (SSSR count). The van der Waals surface area contributed by atoms with Crippen LogP contribution in [0.5, 0.6) is 0 Å². The van der Waals surface area contributed by atoms with Crippen molar-refractivity contribution in [2.24, 2.45) is 0 Å². The lowest BCUT2D eigenvalue weighted by atomic mass is 9.79. The fraction of sp³-hybridized carbons (Fsp3) is 0.0250. The zero-order valence-corrected chi connectivity index (χ0v) is 71.2. The topological polar surface area (TPSA) is 142 Å². The van der Waals surface area contributed by atoms with Crippen LogP contribution in [0, 0.1) is 0 Å². The van der Waals surface area contributed by atoms with Crippen LogP contribution in [0.4, 0.5) is 0 Å². The molecule has 0 spiro atoms. The van der Waals surface area contributed by atoms with Gasteiger partial charge in [-0.1, -0.05) is 378 Å². The molecule has 131 heavy (non-hydrogen) atoms. The van der Waals surface area contributed by atoms with Gasteiger partial charge in [-0.3, -0.25) is 0 Å². The van der Waals surface area contributed by atoms with Crippen molar-refractivity contribution < 1.29 is 8.83 Å². The Morgan fingerprint density at radius 2 is 0.458 bits per heavy atom. The Balaban J connectivity index is 0.000000106. The molecule has 11 heteroatoms. The van der Waals surface area contributed by atoms with Crippen molar-refractivity contribution >= 4 is 141 Å². The maximum Gasteiger partial charge on any atom is 0.164 e. The first-order valence-electron chi connectivity index (χ1n) is 44.2. The predicted octanol–water partition coefficient (Wildman–Crippen LogP) is 31.1. The van der Waals surface area contributed by atoms with Gasteiger partial charge in [0.25, 0.3) is 0 Å². The van der Waals surface area contributed by atoms with Crippen molar-refractivity contribution in [2.45, 2.75) is 19.3 Å². The van der Waals surface area contributed by atoms with Gasteiger partial charge in [0.05, 0.1) is 0 Å². The first-order valence-corrected chi connectivity index (χ1v) is 44.2. The monoisotopic (exact) mass is 1670 g/mol. The van der Waals surface area contributed by atoms with E-state index in [4.69, 9.17) is 53.7 Å². The second-order valence-corrected chi connectivity index (χ2v) is 34.1. The summed E-state index contributed by atoms with van der Waals surface area (Å²) in [5.74, 6) is 5.93. The summed E-state index contributed by atoms with van der Waals surface area (Å²) in [6.07, 6.45) is 0. The second kappa shape index (κ2) is 31.0. The number of fused-ring (bicyclic) bond motifs is 27. The molecule has 0 aliphatic heterocycles. The van der Waals surface area contributed by atoms with E-state index in [9.17, 15) is 0 Å².